The van der Waals surface area contributed by atoms with E-state index in [9.17, 15) is 17.6 Å². The second-order valence-corrected chi connectivity index (χ2v) is 8.45. The third kappa shape index (κ3) is 4.06. The molecule has 26 heavy (non-hydrogen) atoms. The molecule has 0 atom stereocenters. The molecule has 1 saturated heterocycles. The van der Waals surface area contributed by atoms with Gasteiger partial charge < -0.3 is 5.32 Å². The maximum atomic E-state index is 13.8. The molecule has 1 heterocycles. The van der Waals surface area contributed by atoms with Crippen LogP contribution in [0.15, 0.2) is 53.4 Å². The summed E-state index contributed by atoms with van der Waals surface area (Å²) in [5, 5.41) is 3.39. The van der Waals surface area contributed by atoms with Gasteiger partial charge in [-0.05, 0) is 49.2 Å². The predicted octanol–water partition coefficient (Wildman–Crippen LogP) is 3.52. The van der Waals surface area contributed by atoms with Gasteiger partial charge in [-0.15, -0.1) is 0 Å². The van der Waals surface area contributed by atoms with Gasteiger partial charge in [-0.3, -0.25) is 4.79 Å². The van der Waals surface area contributed by atoms with E-state index in [1.165, 1.54) is 22.5 Å². The van der Waals surface area contributed by atoms with E-state index in [1.807, 2.05) is 0 Å². The molecule has 0 saturated carbocycles. The molecule has 1 N–H and O–H groups in total. The van der Waals surface area contributed by atoms with Gasteiger partial charge in [-0.2, -0.15) is 4.31 Å². The average molecular weight is 397 g/mol. The molecule has 8 heteroatoms. The molecule has 1 fully saturated rings. The van der Waals surface area contributed by atoms with Crippen molar-refractivity contribution in [3.05, 3.63) is 59.4 Å². The number of nitrogens with one attached hydrogen (secondary N) is 1. The van der Waals surface area contributed by atoms with Crippen molar-refractivity contribution < 1.29 is 17.6 Å². The van der Waals surface area contributed by atoms with Crippen LogP contribution in [0.1, 0.15) is 12.8 Å². The molecule has 0 bridgehead atoms. The third-order valence-corrected chi connectivity index (χ3v) is 6.57. The van der Waals surface area contributed by atoms with Gasteiger partial charge in [0.15, 0.2) is 0 Å². The zero-order chi connectivity index (χ0) is 18.7. The van der Waals surface area contributed by atoms with E-state index >= 15 is 0 Å². The number of carbonyl (C=O) groups excluding carboxylic acids is 1. The minimum absolute atomic E-state index is 0.157. The zero-order valence-corrected chi connectivity index (χ0v) is 15.4. The third-order valence-electron chi connectivity index (χ3n) is 4.39. The summed E-state index contributed by atoms with van der Waals surface area (Å²) in [6.07, 6.45) is 0.764. The summed E-state index contributed by atoms with van der Waals surface area (Å²) < 4.78 is 40.2. The molecular weight excluding hydrogens is 379 g/mol. The Hall–Kier alpha value is -1.96. The van der Waals surface area contributed by atoms with Gasteiger partial charge in [0, 0.05) is 29.7 Å². The summed E-state index contributed by atoms with van der Waals surface area (Å²) in [7, 11) is -3.89. The van der Waals surface area contributed by atoms with Crippen LogP contribution in [-0.4, -0.2) is 31.7 Å². The molecule has 0 spiro atoms. The molecule has 3 rings (SSSR count). The Morgan fingerprint density at radius 2 is 1.69 bits per heavy atom. The number of halogens is 2. The normalized spacial score (nSPS) is 16.4. The van der Waals surface area contributed by atoms with Crippen molar-refractivity contribution in [2.24, 2.45) is 5.92 Å². The highest BCUT2D eigenvalue weighted by Gasteiger charge is 2.33. The summed E-state index contributed by atoms with van der Waals surface area (Å²) >= 11 is 5.82. The number of nitrogens with zero attached hydrogens (tertiary/aromatic N) is 1. The van der Waals surface area contributed by atoms with Crippen molar-refractivity contribution in [2.75, 3.05) is 18.4 Å². The molecule has 0 radical (unpaired) electrons. The van der Waals surface area contributed by atoms with E-state index in [2.05, 4.69) is 5.32 Å². The molecule has 138 valence electrons. The Bertz CT molecular complexity index is 895. The first-order valence-electron chi connectivity index (χ1n) is 8.19. The summed E-state index contributed by atoms with van der Waals surface area (Å²) in [4.78, 5) is 12.0. The van der Waals surface area contributed by atoms with Crippen molar-refractivity contribution in [2.45, 2.75) is 17.7 Å². The van der Waals surface area contributed by atoms with Crippen LogP contribution in [0.4, 0.5) is 10.1 Å². The topological polar surface area (TPSA) is 66.5 Å². The van der Waals surface area contributed by atoms with E-state index in [4.69, 9.17) is 11.6 Å². The summed E-state index contributed by atoms with van der Waals surface area (Å²) in [6, 6.07) is 12.1. The van der Waals surface area contributed by atoms with Gasteiger partial charge in [0.25, 0.3) is 0 Å². The largest absolute Gasteiger partial charge is 0.326 e. The fourth-order valence-electron chi connectivity index (χ4n) is 2.93. The molecule has 1 amide bonds. The molecule has 0 unspecified atom stereocenters. The van der Waals surface area contributed by atoms with Crippen molar-refractivity contribution in [3.8, 4) is 0 Å². The van der Waals surface area contributed by atoms with E-state index in [0.29, 0.717) is 23.6 Å². The second-order valence-electron chi connectivity index (χ2n) is 6.10. The van der Waals surface area contributed by atoms with Gasteiger partial charge in [-0.25, -0.2) is 12.8 Å². The quantitative estimate of drug-likeness (QED) is 0.859. The Morgan fingerprint density at radius 3 is 2.31 bits per heavy atom. The maximum Gasteiger partial charge on any atom is 0.245 e. The number of hydrogen-bond acceptors (Lipinski definition) is 3. The first-order chi connectivity index (χ1) is 12.4. The minimum Gasteiger partial charge on any atom is -0.326 e. The molecule has 2 aromatic carbocycles. The highest BCUT2D eigenvalue weighted by molar-refractivity contribution is 7.89. The van der Waals surface area contributed by atoms with Crippen LogP contribution in [0, 0.1) is 11.7 Å². The van der Waals surface area contributed by atoms with Crippen LogP contribution in [0.3, 0.4) is 0 Å². The molecular formula is C18H18ClFN2O3S. The number of benzene rings is 2. The van der Waals surface area contributed by atoms with Crippen molar-refractivity contribution >= 4 is 33.2 Å². The molecule has 0 aromatic heterocycles. The van der Waals surface area contributed by atoms with Crippen LogP contribution < -0.4 is 5.32 Å². The lowest BCUT2D eigenvalue weighted by atomic mass is 9.97. The summed E-state index contributed by atoms with van der Waals surface area (Å²) in [6.45, 7) is 0.352. The Balaban J connectivity index is 1.62. The highest BCUT2D eigenvalue weighted by Crippen LogP contribution is 2.26. The molecule has 0 aliphatic carbocycles. The number of carbonyl (C=O) groups is 1. The Kier molecular flexibility index (Phi) is 5.60. The monoisotopic (exact) mass is 396 g/mol. The number of amides is 1. The average Bonchev–Trinajstić information content (AvgIpc) is 2.64. The first kappa shape index (κ1) is 18.8. The van der Waals surface area contributed by atoms with E-state index < -0.39 is 15.8 Å². The molecule has 5 nitrogen and oxygen atoms in total. The minimum atomic E-state index is -3.89. The van der Waals surface area contributed by atoms with Crippen molar-refractivity contribution in [1.82, 2.24) is 4.31 Å². The van der Waals surface area contributed by atoms with Gasteiger partial charge in [0.2, 0.25) is 15.9 Å². The SMILES string of the molecule is O=C(Nc1ccc(Cl)cc1)C1CCN(S(=O)(=O)c2ccccc2F)CC1. The predicted molar refractivity (Wildman–Crippen MR) is 98.0 cm³/mol. The Labute approximate surface area is 156 Å². The number of sulfonamides is 1. The second kappa shape index (κ2) is 7.73. The smallest absolute Gasteiger partial charge is 0.245 e. The van der Waals surface area contributed by atoms with Crippen LogP contribution in [0.5, 0.6) is 0 Å². The van der Waals surface area contributed by atoms with Gasteiger partial charge >= 0.3 is 0 Å². The highest BCUT2D eigenvalue weighted by atomic mass is 35.5. The fourth-order valence-corrected chi connectivity index (χ4v) is 4.59. The summed E-state index contributed by atoms with van der Waals surface area (Å²) in [5.41, 5.74) is 0.640. The summed E-state index contributed by atoms with van der Waals surface area (Å²) in [5.74, 6) is -1.22. The number of hydrogen-bond donors (Lipinski definition) is 1. The van der Waals surface area contributed by atoms with Crippen LogP contribution >= 0.6 is 11.6 Å². The van der Waals surface area contributed by atoms with Crippen LogP contribution in [-0.2, 0) is 14.8 Å². The lowest BCUT2D eigenvalue weighted by Gasteiger charge is -2.30. The standard InChI is InChI=1S/C18H18ClFN2O3S/c19-14-5-7-15(8-6-14)21-18(23)13-9-11-22(12-10-13)26(24,25)17-4-2-1-3-16(17)20/h1-8,13H,9-12H2,(H,21,23). The molecule has 2 aromatic rings. The number of piperidine rings is 1. The lowest BCUT2D eigenvalue weighted by Crippen LogP contribution is -2.41. The van der Waals surface area contributed by atoms with Crippen LogP contribution in [0.25, 0.3) is 0 Å². The van der Waals surface area contributed by atoms with Gasteiger partial charge in [-0.1, -0.05) is 23.7 Å². The zero-order valence-electron chi connectivity index (χ0n) is 13.9. The van der Waals surface area contributed by atoms with Crippen molar-refractivity contribution in [3.63, 3.8) is 0 Å². The first-order valence-corrected chi connectivity index (χ1v) is 10.0. The van der Waals surface area contributed by atoms with E-state index in [1.54, 1.807) is 24.3 Å². The van der Waals surface area contributed by atoms with Gasteiger partial charge in [0.05, 0.1) is 0 Å². The molecule has 1 aliphatic rings. The van der Waals surface area contributed by atoms with Crippen LogP contribution in [0.2, 0.25) is 5.02 Å². The van der Waals surface area contributed by atoms with E-state index in [0.717, 1.165) is 6.07 Å². The number of rotatable bonds is 4. The van der Waals surface area contributed by atoms with Crippen molar-refractivity contribution in [1.29, 1.82) is 0 Å². The van der Waals surface area contributed by atoms with Gasteiger partial charge in [0.1, 0.15) is 10.7 Å². The Morgan fingerprint density at radius 1 is 1.08 bits per heavy atom. The van der Waals surface area contributed by atoms with E-state index in [-0.39, 0.29) is 29.8 Å². The number of anilines is 1. The fraction of sp³-hybridized carbons (Fsp3) is 0.278. The maximum absolute atomic E-state index is 13.8. The molecule has 1 aliphatic heterocycles. The lowest BCUT2D eigenvalue weighted by molar-refractivity contribution is -0.120.